The standard InChI is InChI=1S/C16H20N4O3/c1-12-18-15(23-19-12)13-2-5-17-14(10-13)20-6-9-22-16(11-20)3-7-21-8-4-16/h2,5,10H,3-4,6-9,11H2,1H3. The van der Waals surface area contributed by atoms with Crippen molar-refractivity contribution in [3.05, 3.63) is 24.2 Å². The molecule has 2 fully saturated rings. The molecule has 0 aliphatic carbocycles. The second-order valence-corrected chi connectivity index (χ2v) is 6.11. The molecule has 2 aliphatic heterocycles. The van der Waals surface area contributed by atoms with E-state index in [-0.39, 0.29) is 5.60 Å². The first-order valence-electron chi connectivity index (χ1n) is 7.98. The van der Waals surface area contributed by atoms with Crippen LogP contribution >= 0.6 is 0 Å². The minimum absolute atomic E-state index is 0.102. The summed E-state index contributed by atoms with van der Waals surface area (Å²) in [5, 5.41) is 3.85. The smallest absolute Gasteiger partial charge is 0.258 e. The van der Waals surface area contributed by atoms with Gasteiger partial charge >= 0.3 is 0 Å². The SMILES string of the molecule is Cc1noc(-c2ccnc(N3CCOC4(CCOCC4)C3)c2)n1. The van der Waals surface area contributed by atoms with Crippen molar-refractivity contribution in [2.24, 2.45) is 0 Å². The Morgan fingerprint density at radius 1 is 1.22 bits per heavy atom. The van der Waals surface area contributed by atoms with Crippen LogP contribution in [0, 0.1) is 6.92 Å². The zero-order valence-corrected chi connectivity index (χ0v) is 13.2. The van der Waals surface area contributed by atoms with Crippen molar-refractivity contribution in [1.29, 1.82) is 0 Å². The van der Waals surface area contributed by atoms with E-state index in [1.54, 1.807) is 6.20 Å². The van der Waals surface area contributed by atoms with Crippen molar-refractivity contribution in [1.82, 2.24) is 15.1 Å². The fourth-order valence-corrected chi connectivity index (χ4v) is 3.22. The number of morpholine rings is 1. The van der Waals surface area contributed by atoms with Crippen molar-refractivity contribution in [3.63, 3.8) is 0 Å². The molecular formula is C16H20N4O3. The van der Waals surface area contributed by atoms with Crippen LogP contribution in [0.3, 0.4) is 0 Å². The number of nitrogens with zero attached hydrogens (tertiary/aromatic N) is 4. The van der Waals surface area contributed by atoms with Crippen LogP contribution in [0.25, 0.3) is 11.5 Å². The molecule has 0 bridgehead atoms. The number of aryl methyl sites for hydroxylation is 1. The molecular weight excluding hydrogens is 296 g/mol. The lowest BCUT2D eigenvalue weighted by Crippen LogP contribution is -2.54. The molecule has 0 unspecified atom stereocenters. The van der Waals surface area contributed by atoms with E-state index < -0.39 is 0 Å². The van der Waals surface area contributed by atoms with E-state index in [0.717, 1.165) is 50.5 Å². The van der Waals surface area contributed by atoms with Crippen LogP contribution in [-0.4, -0.2) is 53.6 Å². The lowest BCUT2D eigenvalue weighted by atomic mass is 9.92. The van der Waals surface area contributed by atoms with Gasteiger partial charge in [0.2, 0.25) is 0 Å². The molecule has 122 valence electrons. The Balaban J connectivity index is 1.57. The van der Waals surface area contributed by atoms with Gasteiger partial charge in [-0.1, -0.05) is 5.16 Å². The first kappa shape index (κ1) is 14.6. The van der Waals surface area contributed by atoms with Crippen molar-refractivity contribution in [3.8, 4) is 11.5 Å². The second-order valence-electron chi connectivity index (χ2n) is 6.11. The van der Waals surface area contributed by atoms with Crippen LogP contribution in [-0.2, 0) is 9.47 Å². The predicted molar refractivity (Wildman–Crippen MR) is 83.2 cm³/mol. The third kappa shape index (κ3) is 2.94. The predicted octanol–water partition coefficient (Wildman–Crippen LogP) is 1.83. The highest BCUT2D eigenvalue weighted by molar-refractivity contribution is 5.58. The molecule has 0 saturated carbocycles. The van der Waals surface area contributed by atoms with Gasteiger partial charge in [0.05, 0.1) is 12.2 Å². The molecule has 4 rings (SSSR count). The van der Waals surface area contributed by atoms with Gasteiger partial charge in [-0.25, -0.2) is 4.98 Å². The fraction of sp³-hybridized carbons (Fsp3) is 0.562. The van der Waals surface area contributed by atoms with Crippen LogP contribution in [0.1, 0.15) is 18.7 Å². The minimum atomic E-state index is -0.102. The van der Waals surface area contributed by atoms with Crippen LogP contribution < -0.4 is 4.90 Å². The molecule has 0 amide bonds. The van der Waals surface area contributed by atoms with Gasteiger partial charge in [-0.15, -0.1) is 0 Å². The quantitative estimate of drug-likeness (QED) is 0.836. The molecule has 2 saturated heterocycles. The summed E-state index contributed by atoms with van der Waals surface area (Å²) in [6, 6.07) is 3.90. The first-order valence-corrected chi connectivity index (χ1v) is 7.98. The molecule has 1 spiro atoms. The molecule has 23 heavy (non-hydrogen) atoms. The highest BCUT2D eigenvalue weighted by Gasteiger charge is 2.38. The second kappa shape index (κ2) is 5.90. The molecule has 0 atom stereocenters. The summed E-state index contributed by atoms with van der Waals surface area (Å²) in [5.41, 5.74) is 0.790. The Morgan fingerprint density at radius 3 is 2.87 bits per heavy atom. The topological polar surface area (TPSA) is 73.5 Å². The number of hydrogen-bond acceptors (Lipinski definition) is 7. The molecule has 4 heterocycles. The van der Waals surface area contributed by atoms with E-state index in [1.165, 1.54) is 0 Å². The lowest BCUT2D eigenvalue weighted by Gasteiger charge is -2.45. The third-order valence-corrected chi connectivity index (χ3v) is 4.50. The Bertz CT molecular complexity index is 676. The number of rotatable bonds is 2. The zero-order chi connectivity index (χ0) is 15.7. The molecule has 7 nitrogen and oxygen atoms in total. The van der Waals surface area contributed by atoms with E-state index >= 15 is 0 Å². The summed E-state index contributed by atoms with van der Waals surface area (Å²) >= 11 is 0. The highest BCUT2D eigenvalue weighted by Crippen LogP contribution is 2.31. The first-order chi connectivity index (χ1) is 11.2. The van der Waals surface area contributed by atoms with Crippen molar-refractivity contribution in [2.75, 3.05) is 37.8 Å². The molecule has 0 aromatic carbocycles. The average Bonchev–Trinajstić information content (AvgIpc) is 3.02. The van der Waals surface area contributed by atoms with Crippen molar-refractivity contribution in [2.45, 2.75) is 25.4 Å². The summed E-state index contributed by atoms with van der Waals surface area (Å²) in [4.78, 5) is 11.1. The maximum atomic E-state index is 6.09. The minimum Gasteiger partial charge on any atom is -0.381 e. The lowest BCUT2D eigenvalue weighted by molar-refractivity contribution is -0.116. The van der Waals surface area contributed by atoms with Gasteiger partial charge < -0.3 is 18.9 Å². The van der Waals surface area contributed by atoms with E-state index in [2.05, 4.69) is 20.0 Å². The molecule has 0 N–H and O–H groups in total. The number of hydrogen-bond donors (Lipinski definition) is 0. The Kier molecular flexibility index (Phi) is 3.74. The summed E-state index contributed by atoms with van der Waals surface area (Å²) in [6.45, 7) is 5.74. The number of aromatic nitrogens is 3. The van der Waals surface area contributed by atoms with Crippen LogP contribution in [0.15, 0.2) is 22.9 Å². The van der Waals surface area contributed by atoms with Gasteiger partial charge in [0.1, 0.15) is 5.82 Å². The highest BCUT2D eigenvalue weighted by atomic mass is 16.5. The number of ether oxygens (including phenoxy) is 2. The van der Waals surface area contributed by atoms with E-state index in [0.29, 0.717) is 18.3 Å². The Hall–Kier alpha value is -1.99. The van der Waals surface area contributed by atoms with E-state index in [9.17, 15) is 0 Å². The molecule has 7 heteroatoms. The number of pyridine rings is 1. The summed E-state index contributed by atoms with van der Waals surface area (Å²) < 4.78 is 16.8. The van der Waals surface area contributed by atoms with Gasteiger partial charge in [-0.05, 0) is 19.1 Å². The van der Waals surface area contributed by atoms with Crippen molar-refractivity contribution >= 4 is 5.82 Å². The van der Waals surface area contributed by atoms with Crippen LogP contribution in [0.4, 0.5) is 5.82 Å². The fourth-order valence-electron chi connectivity index (χ4n) is 3.22. The van der Waals surface area contributed by atoms with Gasteiger partial charge in [0.15, 0.2) is 5.82 Å². The molecule has 2 aromatic heterocycles. The monoisotopic (exact) mass is 316 g/mol. The largest absolute Gasteiger partial charge is 0.381 e. The van der Waals surface area contributed by atoms with Gasteiger partial charge in [0.25, 0.3) is 5.89 Å². The summed E-state index contributed by atoms with van der Waals surface area (Å²) in [7, 11) is 0. The van der Waals surface area contributed by atoms with Crippen LogP contribution in [0.5, 0.6) is 0 Å². The zero-order valence-electron chi connectivity index (χ0n) is 13.2. The third-order valence-electron chi connectivity index (χ3n) is 4.50. The Morgan fingerprint density at radius 2 is 2.09 bits per heavy atom. The Labute approximate surface area is 134 Å². The normalized spacial score (nSPS) is 20.8. The maximum absolute atomic E-state index is 6.09. The van der Waals surface area contributed by atoms with Gasteiger partial charge in [-0.3, -0.25) is 0 Å². The van der Waals surface area contributed by atoms with Crippen molar-refractivity contribution < 1.29 is 14.0 Å². The molecule has 2 aromatic rings. The molecule has 0 radical (unpaired) electrons. The summed E-state index contributed by atoms with van der Waals surface area (Å²) in [6.07, 6.45) is 3.66. The summed E-state index contributed by atoms with van der Waals surface area (Å²) in [5.74, 6) is 2.08. The molecule has 2 aliphatic rings. The average molecular weight is 316 g/mol. The maximum Gasteiger partial charge on any atom is 0.258 e. The van der Waals surface area contributed by atoms with Gasteiger partial charge in [-0.2, -0.15) is 4.98 Å². The van der Waals surface area contributed by atoms with Gasteiger partial charge in [0, 0.05) is 50.9 Å². The van der Waals surface area contributed by atoms with E-state index in [1.807, 2.05) is 19.1 Å². The number of anilines is 1. The van der Waals surface area contributed by atoms with Crippen LogP contribution in [0.2, 0.25) is 0 Å². The van der Waals surface area contributed by atoms with E-state index in [4.69, 9.17) is 14.0 Å².